The highest BCUT2D eigenvalue weighted by Crippen LogP contribution is 2.32. The van der Waals surface area contributed by atoms with Crippen molar-refractivity contribution in [2.24, 2.45) is 0 Å². The van der Waals surface area contributed by atoms with E-state index in [-0.39, 0.29) is 12.4 Å². The molecule has 138 valence electrons. The first kappa shape index (κ1) is 18.2. The lowest BCUT2D eigenvalue weighted by atomic mass is 10.2. The van der Waals surface area contributed by atoms with Gasteiger partial charge in [-0.05, 0) is 53.3 Å². The minimum absolute atomic E-state index is 0.220. The maximum atomic E-state index is 13.3. The number of aromatic nitrogens is 2. The molecule has 0 fully saturated rings. The van der Waals surface area contributed by atoms with Gasteiger partial charge in [-0.25, -0.2) is 14.4 Å². The van der Waals surface area contributed by atoms with E-state index in [2.05, 4.69) is 21.2 Å². The van der Waals surface area contributed by atoms with E-state index >= 15 is 0 Å². The first-order chi connectivity index (χ1) is 13.6. The third-order valence-electron chi connectivity index (χ3n) is 3.91. The van der Waals surface area contributed by atoms with Crippen LogP contribution < -0.4 is 10.1 Å². The Kier molecular flexibility index (Phi) is 5.11. The molecule has 0 radical (unpaired) electrons. The van der Waals surface area contributed by atoms with Crippen molar-refractivity contribution in [1.29, 1.82) is 0 Å². The van der Waals surface area contributed by atoms with Gasteiger partial charge in [0.1, 0.15) is 18.2 Å². The molecule has 1 N–H and O–H groups in total. The smallest absolute Gasteiger partial charge is 0.207 e. The van der Waals surface area contributed by atoms with Crippen LogP contribution in [0.15, 0.2) is 53.9 Å². The molecule has 2 heterocycles. The molecule has 0 aliphatic rings. The number of fused-ring (bicyclic) bond motifs is 1. The van der Waals surface area contributed by atoms with Gasteiger partial charge in [0.25, 0.3) is 0 Å². The minimum atomic E-state index is -0.303. The number of hydrogen-bond donors (Lipinski definition) is 1. The number of anilines is 2. The van der Waals surface area contributed by atoms with Crippen molar-refractivity contribution < 1.29 is 9.13 Å². The molecule has 4 rings (SSSR count). The Hall–Kier alpha value is -3.14. The number of terminal acetylenes is 1. The van der Waals surface area contributed by atoms with Crippen LogP contribution in [0, 0.1) is 18.2 Å². The average Bonchev–Trinajstić information content (AvgIpc) is 3.16. The van der Waals surface area contributed by atoms with Crippen molar-refractivity contribution in [2.45, 2.75) is 6.61 Å². The van der Waals surface area contributed by atoms with Crippen molar-refractivity contribution in [3.8, 4) is 18.1 Å². The lowest BCUT2D eigenvalue weighted by Crippen LogP contribution is -1.99. The van der Waals surface area contributed by atoms with Crippen LogP contribution in [0.3, 0.4) is 0 Å². The standard InChI is InChI=1S/C21H13ClFN3OS/c1-2-19-25-17-8-9-28-20(17)21(26-19)24-15-6-7-18(16(22)11-15)27-12-13-4-3-5-14(23)10-13/h1,3-11H,12H2,(H,24,25,26). The van der Waals surface area contributed by atoms with Crippen molar-refractivity contribution in [2.75, 3.05) is 5.32 Å². The summed E-state index contributed by atoms with van der Waals surface area (Å²) in [6, 6.07) is 13.4. The molecule has 0 amide bonds. The Morgan fingerprint density at radius 1 is 1.18 bits per heavy atom. The van der Waals surface area contributed by atoms with Crippen LogP contribution in [-0.4, -0.2) is 9.97 Å². The molecule has 0 aliphatic carbocycles. The van der Waals surface area contributed by atoms with Crippen molar-refractivity contribution in [3.05, 3.63) is 76.1 Å². The number of halogens is 2. The van der Waals surface area contributed by atoms with Crippen LogP contribution in [0.5, 0.6) is 5.75 Å². The van der Waals surface area contributed by atoms with Crippen molar-refractivity contribution in [3.63, 3.8) is 0 Å². The van der Waals surface area contributed by atoms with E-state index in [1.807, 2.05) is 17.5 Å². The van der Waals surface area contributed by atoms with E-state index < -0.39 is 0 Å². The summed E-state index contributed by atoms with van der Waals surface area (Å²) in [5, 5.41) is 5.59. The average molecular weight is 410 g/mol. The summed E-state index contributed by atoms with van der Waals surface area (Å²) < 4.78 is 19.9. The summed E-state index contributed by atoms with van der Waals surface area (Å²) in [5.74, 6) is 3.60. The summed E-state index contributed by atoms with van der Waals surface area (Å²) in [6.45, 7) is 0.220. The number of thiophene rings is 1. The van der Waals surface area contributed by atoms with E-state index in [1.165, 1.54) is 23.5 Å². The number of rotatable bonds is 5. The fourth-order valence-electron chi connectivity index (χ4n) is 2.63. The fourth-order valence-corrected chi connectivity index (χ4v) is 3.64. The molecule has 28 heavy (non-hydrogen) atoms. The van der Waals surface area contributed by atoms with Gasteiger partial charge in [-0.3, -0.25) is 0 Å². The van der Waals surface area contributed by atoms with Crippen LogP contribution in [0.2, 0.25) is 5.02 Å². The predicted octanol–water partition coefficient (Wildman–Crippen LogP) is 5.79. The molecule has 0 bridgehead atoms. The molecular formula is C21H13ClFN3OS. The Balaban J connectivity index is 1.54. The van der Waals surface area contributed by atoms with Crippen LogP contribution in [0.1, 0.15) is 11.4 Å². The summed E-state index contributed by atoms with van der Waals surface area (Å²) in [7, 11) is 0. The highest BCUT2D eigenvalue weighted by atomic mass is 35.5. The molecule has 4 nitrogen and oxygen atoms in total. The number of hydrogen-bond acceptors (Lipinski definition) is 5. The first-order valence-corrected chi connectivity index (χ1v) is 9.54. The highest BCUT2D eigenvalue weighted by molar-refractivity contribution is 7.17. The van der Waals surface area contributed by atoms with Crippen LogP contribution in [0.25, 0.3) is 10.2 Å². The normalized spacial score (nSPS) is 10.6. The van der Waals surface area contributed by atoms with E-state index in [1.54, 1.807) is 24.3 Å². The van der Waals surface area contributed by atoms with Gasteiger partial charge in [0.15, 0.2) is 5.82 Å². The van der Waals surface area contributed by atoms with Crippen LogP contribution in [0.4, 0.5) is 15.9 Å². The summed E-state index contributed by atoms with van der Waals surface area (Å²) in [4.78, 5) is 8.66. The lowest BCUT2D eigenvalue weighted by Gasteiger charge is -2.11. The van der Waals surface area contributed by atoms with Crippen LogP contribution >= 0.6 is 22.9 Å². The van der Waals surface area contributed by atoms with Crippen molar-refractivity contribution >= 4 is 44.7 Å². The topological polar surface area (TPSA) is 47.0 Å². The monoisotopic (exact) mass is 409 g/mol. The molecule has 7 heteroatoms. The molecule has 0 unspecified atom stereocenters. The zero-order valence-electron chi connectivity index (χ0n) is 14.4. The van der Waals surface area contributed by atoms with Gasteiger partial charge in [-0.2, -0.15) is 0 Å². The Morgan fingerprint density at radius 3 is 2.86 bits per heavy atom. The molecule has 0 aliphatic heterocycles. The molecule has 0 spiro atoms. The van der Waals surface area contributed by atoms with Gasteiger partial charge in [-0.1, -0.05) is 23.7 Å². The second-order valence-corrected chi connectivity index (χ2v) is 7.19. The number of benzene rings is 2. The lowest BCUT2D eigenvalue weighted by molar-refractivity contribution is 0.306. The zero-order valence-corrected chi connectivity index (χ0v) is 16.0. The maximum Gasteiger partial charge on any atom is 0.207 e. The van der Waals surface area contributed by atoms with E-state index in [9.17, 15) is 4.39 Å². The van der Waals surface area contributed by atoms with Gasteiger partial charge >= 0.3 is 0 Å². The molecule has 2 aromatic heterocycles. The third-order valence-corrected chi connectivity index (χ3v) is 5.12. The second kappa shape index (κ2) is 7.85. The van der Waals surface area contributed by atoms with Crippen molar-refractivity contribution in [1.82, 2.24) is 9.97 Å². The molecule has 0 saturated heterocycles. The number of nitrogens with zero attached hydrogens (tertiary/aromatic N) is 2. The third kappa shape index (κ3) is 3.91. The number of ether oxygens (including phenoxy) is 1. The van der Waals surface area contributed by atoms with Crippen LogP contribution in [-0.2, 0) is 6.61 Å². The largest absolute Gasteiger partial charge is 0.487 e. The Morgan fingerprint density at radius 2 is 2.07 bits per heavy atom. The quantitative estimate of drug-likeness (QED) is 0.424. The summed E-state index contributed by atoms with van der Waals surface area (Å²) in [6.07, 6.45) is 5.45. The molecule has 2 aromatic carbocycles. The minimum Gasteiger partial charge on any atom is -0.487 e. The van der Waals surface area contributed by atoms with Gasteiger partial charge in [0, 0.05) is 5.69 Å². The molecule has 0 atom stereocenters. The summed E-state index contributed by atoms with van der Waals surface area (Å²) in [5.41, 5.74) is 2.25. The van der Waals surface area contributed by atoms with E-state index in [0.717, 1.165) is 21.5 Å². The molecule has 4 aromatic rings. The molecule has 0 saturated carbocycles. The van der Waals surface area contributed by atoms with E-state index in [4.69, 9.17) is 22.8 Å². The Bertz CT molecular complexity index is 1200. The second-order valence-electron chi connectivity index (χ2n) is 5.86. The maximum absolute atomic E-state index is 13.3. The Labute approximate surface area is 170 Å². The zero-order chi connectivity index (χ0) is 19.5. The van der Waals surface area contributed by atoms with Gasteiger partial charge in [0.05, 0.1) is 15.2 Å². The predicted molar refractivity (Wildman–Crippen MR) is 111 cm³/mol. The van der Waals surface area contributed by atoms with Gasteiger partial charge in [-0.15, -0.1) is 17.8 Å². The van der Waals surface area contributed by atoms with E-state index in [0.29, 0.717) is 22.4 Å². The molecular weight excluding hydrogens is 397 g/mol. The first-order valence-electron chi connectivity index (χ1n) is 8.28. The highest BCUT2D eigenvalue weighted by Gasteiger charge is 2.10. The fraction of sp³-hybridized carbons (Fsp3) is 0.0476. The SMILES string of the molecule is C#Cc1nc(Nc2ccc(OCc3cccc(F)c3)c(Cl)c2)c2sccc2n1. The summed E-state index contributed by atoms with van der Waals surface area (Å²) >= 11 is 7.87. The van der Waals surface area contributed by atoms with Gasteiger partial charge < -0.3 is 10.1 Å². The number of nitrogens with one attached hydrogen (secondary N) is 1. The van der Waals surface area contributed by atoms with Gasteiger partial charge in [0.2, 0.25) is 5.82 Å².